The summed E-state index contributed by atoms with van der Waals surface area (Å²) in [6.07, 6.45) is 3.46. The Morgan fingerprint density at radius 1 is 0.941 bits per heavy atom. The second kappa shape index (κ2) is 4.87. The lowest BCUT2D eigenvalue weighted by atomic mass is 10.0. The van der Waals surface area contributed by atoms with E-state index in [9.17, 15) is 0 Å². The van der Waals surface area contributed by atoms with Crippen molar-refractivity contribution in [3.63, 3.8) is 0 Å². The molecule has 2 aromatic rings. The van der Waals surface area contributed by atoms with Crippen LogP contribution in [0.5, 0.6) is 11.5 Å². The Bertz CT molecular complexity index is 523. The summed E-state index contributed by atoms with van der Waals surface area (Å²) in [6.45, 7) is 2.05. The van der Waals surface area contributed by atoms with Gasteiger partial charge in [0.15, 0.2) is 0 Å². The molecule has 0 bridgehead atoms. The lowest BCUT2D eigenvalue weighted by Crippen LogP contribution is -1.93. The largest absolute Gasteiger partial charge is 0.496 e. The molecule has 0 saturated heterocycles. The summed E-state index contributed by atoms with van der Waals surface area (Å²) in [5, 5.41) is 0. The maximum atomic E-state index is 5.38. The number of hydrogen-bond donors (Lipinski definition) is 0. The molecular formula is C14H15NO2. The van der Waals surface area contributed by atoms with E-state index in [-0.39, 0.29) is 0 Å². The smallest absolute Gasteiger partial charge is 0.145 e. The van der Waals surface area contributed by atoms with Crippen LogP contribution in [0.1, 0.15) is 5.56 Å². The fraction of sp³-hybridized carbons (Fsp3) is 0.214. The van der Waals surface area contributed by atoms with Crippen LogP contribution >= 0.6 is 0 Å². The highest BCUT2D eigenvalue weighted by atomic mass is 16.5. The molecule has 1 aromatic heterocycles. The number of ether oxygens (including phenoxy) is 2. The van der Waals surface area contributed by atoms with Crippen LogP contribution < -0.4 is 9.47 Å². The number of rotatable bonds is 3. The van der Waals surface area contributed by atoms with Crippen LogP contribution in [0.3, 0.4) is 0 Å². The zero-order chi connectivity index (χ0) is 12.3. The van der Waals surface area contributed by atoms with Gasteiger partial charge in [-0.2, -0.15) is 0 Å². The van der Waals surface area contributed by atoms with Gasteiger partial charge in [-0.3, -0.25) is 4.98 Å². The lowest BCUT2D eigenvalue weighted by Gasteiger charge is -2.12. The molecule has 0 radical (unpaired) electrons. The molecule has 1 aromatic carbocycles. The number of aromatic nitrogens is 1. The first-order valence-electron chi connectivity index (χ1n) is 5.39. The van der Waals surface area contributed by atoms with E-state index in [1.54, 1.807) is 26.6 Å². The maximum absolute atomic E-state index is 5.38. The molecule has 0 aliphatic rings. The van der Waals surface area contributed by atoms with Crippen molar-refractivity contribution in [1.82, 2.24) is 4.98 Å². The zero-order valence-corrected chi connectivity index (χ0v) is 10.2. The van der Waals surface area contributed by atoms with Gasteiger partial charge < -0.3 is 9.47 Å². The fourth-order valence-corrected chi connectivity index (χ4v) is 1.80. The molecule has 0 aliphatic carbocycles. The summed E-state index contributed by atoms with van der Waals surface area (Å²) in [6, 6.07) is 7.99. The van der Waals surface area contributed by atoms with E-state index in [1.165, 1.54) is 5.56 Å². The van der Waals surface area contributed by atoms with E-state index in [2.05, 4.69) is 18.0 Å². The number of pyridine rings is 1. The van der Waals surface area contributed by atoms with Crippen LogP contribution in [-0.4, -0.2) is 19.2 Å². The van der Waals surface area contributed by atoms with Crippen LogP contribution in [-0.2, 0) is 0 Å². The molecule has 0 amide bonds. The van der Waals surface area contributed by atoms with Gasteiger partial charge in [-0.05, 0) is 25.1 Å². The number of aryl methyl sites for hydroxylation is 1. The van der Waals surface area contributed by atoms with Crippen LogP contribution in [0.2, 0.25) is 0 Å². The number of hydrogen-bond acceptors (Lipinski definition) is 3. The van der Waals surface area contributed by atoms with Gasteiger partial charge >= 0.3 is 0 Å². The molecule has 0 N–H and O–H groups in total. The molecule has 0 fully saturated rings. The van der Waals surface area contributed by atoms with Gasteiger partial charge in [0.1, 0.15) is 11.5 Å². The van der Waals surface area contributed by atoms with Crippen molar-refractivity contribution in [3.05, 3.63) is 42.2 Å². The van der Waals surface area contributed by atoms with Gasteiger partial charge in [0, 0.05) is 17.3 Å². The van der Waals surface area contributed by atoms with E-state index in [0.717, 1.165) is 22.6 Å². The number of methoxy groups -OCH3 is 2. The zero-order valence-electron chi connectivity index (χ0n) is 10.2. The quantitative estimate of drug-likeness (QED) is 0.810. The number of nitrogens with zero attached hydrogens (tertiary/aromatic N) is 1. The Hall–Kier alpha value is -2.03. The van der Waals surface area contributed by atoms with E-state index in [1.807, 2.05) is 18.2 Å². The van der Waals surface area contributed by atoms with Crippen molar-refractivity contribution in [1.29, 1.82) is 0 Å². The summed E-state index contributed by atoms with van der Waals surface area (Å²) in [7, 11) is 3.31. The van der Waals surface area contributed by atoms with Crippen LogP contribution in [0, 0.1) is 6.92 Å². The minimum Gasteiger partial charge on any atom is -0.496 e. The Kier molecular flexibility index (Phi) is 3.28. The molecule has 3 heteroatoms. The molecule has 1 heterocycles. The maximum Gasteiger partial charge on any atom is 0.145 e. The molecule has 3 nitrogen and oxygen atoms in total. The molecule has 0 saturated carbocycles. The van der Waals surface area contributed by atoms with E-state index >= 15 is 0 Å². The summed E-state index contributed by atoms with van der Waals surface area (Å²) < 4.78 is 10.7. The molecule has 0 unspecified atom stereocenters. The SMILES string of the molecule is COc1cnccc1-c1cc(C)ccc1OC. The molecule has 88 valence electrons. The predicted octanol–water partition coefficient (Wildman–Crippen LogP) is 3.07. The minimum absolute atomic E-state index is 0.747. The van der Waals surface area contributed by atoms with E-state index in [4.69, 9.17) is 9.47 Å². The van der Waals surface area contributed by atoms with Crippen molar-refractivity contribution in [2.45, 2.75) is 6.92 Å². The van der Waals surface area contributed by atoms with Crippen molar-refractivity contribution in [3.8, 4) is 22.6 Å². The molecule has 0 spiro atoms. The first-order chi connectivity index (χ1) is 8.26. The second-order valence-corrected chi connectivity index (χ2v) is 3.78. The minimum atomic E-state index is 0.747. The summed E-state index contributed by atoms with van der Waals surface area (Å²) in [5.74, 6) is 1.58. The van der Waals surface area contributed by atoms with Gasteiger partial charge in [0.2, 0.25) is 0 Å². The fourth-order valence-electron chi connectivity index (χ4n) is 1.80. The summed E-state index contributed by atoms with van der Waals surface area (Å²) >= 11 is 0. The summed E-state index contributed by atoms with van der Waals surface area (Å²) in [4.78, 5) is 4.05. The third-order valence-corrected chi connectivity index (χ3v) is 2.65. The van der Waals surface area contributed by atoms with Crippen LogP contribution in [0.15, 0.2) is 36.7 Å². The molecule has 0 aliphatic heterocycles. The van der Waals surface area contributed by atoms with E-state index in [0.29, 0.717) is 0 Å². The van der Waals surface area contributed by atoms with Gasteiger partial charge in [0.05, 0.1) is 20.4 Å². The Labute approximate surface area is 101 Å². The third kappa shape index (κ3) is 2.23. The molecule has 2 rings (SSSR count). The standard InChI is InChI=1S/C14H15NO2/c1-10-4-5-13(16-2)12(8-10)11-6-7-15-9-14(11)17-3/h4-9H,1-3H3. The van der Waals surface area contributed by atoms with Gasteiger partial charge in [-0.15, -0.1) is 0 Å². The highest BCUT2D eigenvalue weighted by Gasteiger charge is 2.10. The van der Waals surface area contributed by atoms with Crippen LogP contribution in [0.25, 0.3) is 11.1 Å². The molecular weight excluding hydrogens is 214 g/mol. The van der Waals surface area contributed by atoms with Gasteiger partial charge in [-0.1, -0.05) is 11.6 Å². The highest BCUT2D eigenvalue weighted by molar-refractivity contribution is 5.75. The Morgan fingerprint density at radius 2 is 1.71 bits per heavy atom. The normalized spacial score (nSPS) is 10.1. The predicted molar refractivity (Wildman–Crippen MR) is 67.5 cm³/mol. The monoisotopic (exact) mass is 229 g/mol. The van der Waals surface area contributed by atoms with Crippen LogP contribution in [0.4, 0.5) is 0 Å². The average Bonchev–Trinajstić information content (AvgIpc) is 2.38. The van der Waals surface area contributed by atoms with Gasteiger partial charge in [-0.25, -0.2) is 0 Å². The Morgan fingerprint density at radius 3 is 2.41 bits per heavy atom. The van der Waals surface area contributed by atoms with Crippen molar-refractivity contribution in [2.75, 3.05) is 14.2 Å². The third-order valence-electron chi connectivity index (χ3n) is 2.65. The Balaban J connectivity index is 2.62. The summed E-state index contributed by atoms with van der Waals surface area (Å²) in [5.41, 5.74) is 3.19. The van der Waals surface area contributed by atoms with E-state index < -0.39 is 0 Å². The lowest BCUT2D eigenvalue weighted by molar-refractivity contribution is 0.409. The first kappa shape index (κ1) is 11.5. The van der Waals surface area contributed by atoms with Crippen molar-refractivity contribution < 1.29 is 9.47 Å². The van der Waals surface area contributed by atoms with Crippen molar-refractivity contribution in [2.24, 2.45) is 0 Å². The highest BCUT2D eigenvalue weighted by Crippen LogP contribution is 2.36. The van der Waals surface area contributed by atoms with Gasteiger partial charge in [0.25, 0.3) is 0 Å². The number of benzene rings is 1. The first-order valence-corrected chi connectivity index (χ1v) is 5.39. The second-order valence-electron chi connectivity index (χ2n) is 3.78. The topological polar surface area (TPSA) is 31.4 Å². The van der Waals surface area contributed by atoms with Crippen molar-refractivity contribution >= 4 is 0 Å². The average molecular weight is 229 g/mol. The molecule has 17 heavy (non-hydrogen) atoms. The molecule has 0 atom stereocenters.